The van der Waals surface area contributed by atoms with Crippen molar-refractivity contribution >= 4 is 58.4 Å². The molecular weight excluding hydrogens is 1440 g/mol. The number of hydrogen-bond acceptors (Lipinski definition) is 20. The molecular formula is C91H76N2O18S. The van der Waals surface area contributed by atoms with Crippen LogP contribution in [0.25, 0.3) is 66.8 Å². The molecule has 0 heterocycles. The summed E-state index contributed by atoms with van der Waals surface area (Å²) in [5.41, 5.74) is 11.9. The summed E-state index contributed by atoms with van der Waals surface area (Å²) in [6, 6.07) is 97.5. The van der Waals surface area contributed by atoms with Crippen molar-refractivity contribution in [1.82, 2.24) is 0 Å². The van der Waals surface area contributed by atoms with Gasteiger partial charge in [-0.3, -0.25) is 4.18 Å². The van der Waals surface area contributed by atoms with Crippen molar-refractivity contribution in [3.63, 3.8) is 0 Å². The fraction of sp³-hybridized carbons (Fsp3) is 0.121. The number of carbonyl (C=O) groups is 6. The molecule has 12 aromatic carbocycles. The van der Waals surface area contributed by atoms with Crippen molar-refractivity contribution in [3.8, 4) is 66.8 Å². The fourth-order valence-corrected chi connectivity index (χ4v) is 12.3. The number of ether oxygens (including phenoxy) is 6. The summed E-state index contributed by atoms with van der Waals surface area (Å²) in [5, 5.41) is 19.0. The van der Waals surface area contributed by atoms with E-state index in [1.807, 2.05) is 182 Å². The van der Waals surface area contributed by atoms with Crippen LogP contribution in [0.2, 0.25) is 0 Å². The van der Waals surface area contributed by atoms with E-state index in [2.05, 4.69) is 10.3 Å². The summed E-state index contributed by atoms with van der Waals surface area (Å²) in [6.07, 6.45) is -6.91. The van der Waals surface area contributed by atoms with Gasteiger partial charge in [-0.1, -0.05) is 265 Å². The number of aliphatic hydroxyl groups is 1. The molecule has 0 bridgehead atoms. The van der Waals surface area contributed by atoms with Gasteiger partial charge in [-0.2, -0.15) is 8.42 Å². The first kappa shape index (κ1) is 79.3. The molecule has 21 heteroatoms. The molecule has 20 nitrogen and oxygen atoms in total. The van der Waals surface area contributed by atoms with E-state index in [1.165, 1.54) is 26.4 Å². The summed E-state index contributed by atoms with van der Waals surface area (Å²) < 4.78 is 65.3. The summed E-state index contributed by atoms with van der Waals surface area (Å²) in [6.45, 7) is -1.36. The molecule has 564 valence electrons. The molecule has 0 radical (unpaired) electrons. The highest BCUT2D eigenvalue weighted by Crippen LogP contribution is 2.29. The molecule has 0 aliphatic heterocycles. The van der Waals surface area contributed by atoms with Crippen molar-refractivity contribution in [3.05, 3.63) is 361 Å². The van der Waals surface area contributed by atoms with E-state index in [0.29, 0.717) is 0 Å². The third kappa shape index (κ3) is 22.5. The second-order valence-corrected chi connectivity index (χ2v) is 26.7. The Balaban J connectivity index is 0.000000222. The number of carbonyl (C=O) groups excluding carboxylic acids is 6. The molecule has 0 unspecified atom stereocenters. The van der Waals surface area contributed by atoms with Crippen molar-refractivity contribution in [2.45, 2.75) is 36.6 Å². The SMILES string of the molecule is CO/N=C/[C@H](OC(=O)c1ccc(-c2ccccc2)cc1)[C@@H](OC(=O)c1ccc(-c2ccccc2)cc1)[C@@H](O)COC(=O)c1ccc(-c2ccccc2)cc1.CO/N=C/[C@H](OC(=O)c1ccc(-c2ccccc2)cc1)[C@@H](OC(=O)c1ccc(-c2ccccc2)cc1)[C@H](COC(=O)c1ccc(-c2ccccc2)cc1)OS(C)(=O)=O. The molecule has 0 amide bonds. The van der Waals surface area contributed by atoms with Gasteiger partial charge >= 0.3 is 35.8 Å². The number of esters is 6. The predicted molar refractivity (Wildman–Crippen MR) is 425 cm³/mol. The predicted octanol–water partition coefficient (Wildman–Crippen LogP) is 16.6. The third-order valence-electron chi connectivity index (χ3n) is 17.4. The van der Waals surface area contributed by atoms with Gasteiger partial charge in [0.15, 0.2) is 30.5 Å². The largest absolute Gasteiger partial charge is 0.459 e. The minimum atomic E-state index is -4.32. The Bertz CT molecular complexity index is 5240. The molecule has 0 saturated heterocycles. The lowest BCUT2D eigenvalue weighted by molar-refractivity contribution is -0.0784. The van der Waals surface area contributed by atoms with Crippen LogP contribution >= 0.6 is 0 Å². The van der Waals surface area contributed by atoms with Crippen molar-refractivity contribution in [2.24, 2.45) is 10.3 Å². The van der Waals surface area contributed by atoms with Gasteiger partial charge in [0, 0.05) is 0 Å². The second-order valence-electron chi connectivity index (χ2n) is 25.1. The topological polar surface area (TPSA) is 265 Å². The van der Waals surface area contributed by atoms with Crippen LogP contribution in [0.15, 0.2) is 338 Å². The van der Waals surface area contributed by atoms with E-state index in [9.17, 15) is 42.3 Å². The molecule has 0 fully saturated rings. The molecule has 0 saturated carbocycles. The molecule has 1 N–H and O–H groups in total. The summed E-state index contributed by atoms with van der Waals surface area (Å²) >= 11 is 0. The van der Waals surface area contributed by atoms with Crippen molar-refractivity contribution < 1.29 is 84.6 Å². The van der Waals surface area contributed by atoms with Crippen LogP contribution in [-0.4, -0.2) is 132 Å². The lowest BCUT2D eigenvalue weighted by Crippen LogP contribution is -2.48. The standard InChI is InChI=1S/C46H39NO10S.C45H37NO8/c1-53-47-30-41(55-45(49)39-26-20-36(21-27-39)33-14-8-4-9-15-33)43(56-46(50)40-28-22-37(23-29-40)34-16-10-5-11-17-34)42(57-58(2,51)52)31-54-44(48)38-24-18-35(19-25-38)32-12-6-3-7-13-32;1-51-46-29-41(53-44(49)38-25-19-35(20-26-38)32-13-7-3-8-14-32)42(54-45(50)39-27-21-36(22-28-39)33-15-9-4-10-16-33)40(47)30-52-43(48)37-23-17-34(18-24-37)31-11-5-2-6-12-31/h3-30,41-43H,31H2,1-2H3;2-29,40-42,47H,30H2,1H3/b47-30+;46-29+/t41-,42-,43+;40-,41-,42-/m00/s1. The Labute approximate surface area is 647 Å². The zero-order valence-electron chi connectivity index (χ0n) is 60.9. The number of hydrogen-bond donors (Lipinski definition) is 1. The molecule has 112 heavy (non-hydrogen) atoms. The summed E-state index contributed by atoms with van der Waals surface area (Å²) in [7, 11) is -1.79. The van der Waals surface area contributed by atoms with Gasteiger partial charge in [0.1, 0.15) is 33.5 Å². The number of nitrogens with zero attached hydrogens (tertiary/aromatic N) is 2. The quantitative estimate of drug-likeness (QED) is 0.0144. The minimum absolute atomic E-state index is 0.0866. The normalized spacial score (nSPS) is 12.8. The average molecular weight is 1520 g/mol. The Hall–Kier alpha value is -13.7. The molecule has 0 aliphatic rings. The molecule has 12 rings (SSSR count). The van der Waals surface area contributed by atoms with Crippen molar-refractivity contribution in [2.75, 3.05) is 33.7 Å². The zero-order chi connectivity index (χ0) is 78.6. The number of oxime groups is 2. The monoisotopic (exact) mass is 1520 g/mol. The number of benzene rings is 12. The Kier molecular flexibility index (Phi) is 27.9. The van der Waals surface area contributed by atoms with Crippen LogP contribution in [0.1, 0.15) is 62.1 Å². The molecule has 6 atom stereocenters. The van der Waals surface area contributed by atoms with E-state index in [-0.39, 0.29) is 33.4 Å². The highest BCUT2D eigenvalue weighted by Gasteiger charge is 2.41. The first-order chi connectivity index (χ1) is 54.5. The average Bonchev–Trinajstić information content (AvgIpc) is 0.848. The van der Waals surface area contributed by atoms with Gasteiger partial charge in [0.05, 0.1) is 52.1 Å². The second kappa shape index (κ2) is 39.4. The Morgan fingerprint density at radius 3 is 0.768 bits per heavy atom. The molecule has 12 aromatic rings. The van der Waals surface area contributed by atoms with E-state index in [1.54, 1.807) is 133 Å². The number of aliphatic hydroxyl groups excluding tert-OH is 1. The Morgan fingerprint density at radius 2 is 0.518 bits per heavy atom. The third-order valence-corrected chi connectivity index (χ3v) is 18.0. The summed E-state index contributed by atoms with van der Waals surface area (Å²) in [5.74, 6) is -4.92. The van der Waals surface area contributed by atoms with Gasteiger partial charge in [0.2, 0.25) is 0 Å². The molecule has 0 spiro atoms. The minimum Gasteiger partial charge on any atom is -0.459 e. The highest BCUT2D eigenvalue weighted by atomic mass is 32.2. The zero-order valence-corrected chi connectivity index (χ0v) is 61.7. The summed E-state index contributed by atoms with van der Waals surface area (Å²) in [4.78, 5) is 90.7. The maximum atomic E-state index is 13.8. The maximum absolute atomic E-state index is 13.8. The van der Waals surface area contributed by atoms with Crippen LogP contribution in [0.3, 0.4) is 0 Å². The first-order valence-electron chi connectivity index (χ1n) is 35.3. The first-order valence-corrected chi connectivity index (χ1v) is 37.1. The van der Waals surface area contributed by atoms with E-state index in [0.717, 1.165) is 85.4 Å². The van der Waals surface area contributed by atoms with Crippen LogP contribution in [-0.2, 0) is 52.4 Å². The smallest absolute Gasteiger partial charge is 0.338 e. The van der Waals surface area contributed by atoms with Gasteiger partial charge in [-0.15, -0.1) is 0 Å². The Morgan fingerprint density at radius 1 is 0.304 bits per heavy atom. The lowest BCUT2D eigenvalue weighted by Gasteiger charge is -2.30. The van der Waals surface area contributed by atoms with Crippen LogP contribution < -0.4 is 0 Å². The van der Waals surface area contributed by atoms with Crippen LogP contribution in [0, 0.1) is 0 Å². The van der Waals surface area contributed by atoms with Crippen LogP contribution in [0.5, 0.6) is 0 Å². The van der Waals surface area contributed by atoms with Gasteiger partial charge in [-0.25, -0.2) is 28.8 Å². The van der Waals surface area contributed by atoms with Gasteiger partial charge in [-0.05, 0) is 140 Å². The van der Waals surface area contributed by atoms with Crippen LogP contribution in [0.4, 0.5) is 0 Å². The van der Waals surface area contributed by atoms with Gasteiger partial charge in [0.25, 0.3) is 10.1 Å². The number of rotatable bonds is 30. The van der Waals surface area contributed by atoms with E-state index < -0.39 is 95.8 Å². The van der Waals surface area contributed by atoms with E-state index in [4.69, 9.17) is 42.3 Å². The van der Waals surface area contributed by atoms with Gasteiger partial charge < -0.3 is 43.2 Å². The van der Waals surface area contributed by atoms with Crippen molar-refractivity contribution in [1.29, 1.82) is 0 Å². The molecule has 0 aliphatic carbocycles. The molecule has 0 aromatic heterocycles. The lowest BCUT2D eigenvalue weighted by atomic mass is 10.0. The highest BCUT2D eigenvalue weighted by molar-refractivity contribution is 7.86. The maximum Gasteiger partial charge on any atom is 0.338 e. The fourth-order valence-electron chi connectivity index (χ4n) is 11.7. The van der Waals surface area contributed by atoms with E-state index >= 15 is 0 Å².